The van der Waals surface area contributed by atoms with Crippen molar-refractivity contribution in [2.75, 3.05) is 6.79 Å². The van der Waals surface area contributed by atoms with Crippen molar-refractivity contribution in [3.05, 3.63) is 43.0 Å². The smallest absolute Gasteiger partial charge is 0.332 e. The summed E-state index contributed by atoms with van der Waals surface area (Å²) in [6.45, 7) is 3.23. The molecule has 0 aliphatic heterocycles. The van der Waals surface area contributed by atoms with E-state index in [0.29, 0.717) is 18.6 Å². The predicted molar refractivity (Wildman–Crippen MR) is 80.1 cm³/mol. The van der Waals surface area contributed by atoms with Gasteiger partial charge in [-0.3, -0.25) is 4.79 Å². The molecule has 1 aliphatic carbocycles. The highest BCUT2D eigenvalue weighted by molar-refractivity contribution is 5.81. The van der Waals surface area contributed by atoms with Crippen LogP contribution in [0.25, 0.3) is 0 Å². The molecule has 5 heteroatoms. The zero-order valence-electron chi connectivity index (χ0n) is 12.4. The summed E-state index contributed by atoms with van der Waals surface area (Å²) < 4.78 is 15.6. The molecule has 0 aromatic heterocycles. The lowest BCUT2D eigenvalue weighted by Crippen LogP contribution is -2.29. The number of esters is 2. The van der Waals surface area contributed by atoms with E-state index in [1.165, 1.54) is 0 Å². The summed E-state index contributed by atoms with van der Waals surface area (Å²) in [6.07, 6.45) is 4.04. The second kappa shape index (κ2) is 8.34. The Morgan fingerprint density at radius 2 is 1.82 bits per heavy atom. The topological polar surface area (TPSA) is 61.8 Å². The lowest BCUT2D eigenvalue weighted by molar-refractivity contribution is -0.157. The van der Waals surface area contributed by atoms with Crippen molar-refractivity contribution < 1.29 is 23.8 Å². The third-order valence-electron chi connectivity index (χ3n) is 3.64. The zero-order valence-corrected chi connectivity index (χ0v) is 12.4. The normalized spacial score (nSPS) is 20.9. The van der Waals surface area contributed by atoms with Gasteiger partial charge in [-0.25, -0.2) is 4.79 Å². The van der Waals surface area contributed by atoms with Crippen LogP contribution in [-0.4, -0.2) is 24.8 Å². The van der Waals surface area contributed by atoms with Crippen LogP contribution in [0.1, 0.15) is 25.7 Å². The summed E-state index contributed by atoms with van der Waals surface area (Å²) in [6, 6.07) is 9.07. The highest BCUT2D eigenvalue weighted by Crippen LogP contribution is 2.27. The number of benzene rings is 1. The van der Waals surface area contributed by atoms with E-state index in [1.54, 1.807) is 12.1 Å². The van der Waals surface area contributed by atoms with Crippen molar-refractivity contribution in [1.82, 2.24) is 0 Å². The van der Waals surface area contributed by atoms with Crippen molar-refractivity contribution in [2.24, 2.45) is 5.92 Å². The van der Waals surface area contributed by atoms with Crippen LogP contribution in [0.15, 0.2) is 43.0 Å². The third-order valence-corrected chi connectivity index (χ3v) is 3.64. The van der Waals surface area contributed by atoms with Gasteiger partial charge in [0.25, 0.3) is 0 Å². The molecule has 0 unspecified atom stereocenters. The van der Waals surface area contributed by atoms with Crippen LogP contribution in [-0.2, 0) is 19.1 Å². The molecule has 1 fully saturated rings. The average Bonchev–Trinajstić information content (AvgIpc) is 2.56. The van der Waals surface area contributed by atoms with E-state index in [1.807, 2.05) is 18.2 Å². The van der Waals surface area contributed by atoms with E-state index in [4.69, 9.17) is 14.2 Å². The third kappa shape index (κ3) is 5.00. The first-order chi connectivity index (χ1) is 10.7. The second-order valence-corrected chi connectivity index (χ2v) is 5.16. The number of hydrogen-bond donors (Lipinski definition) is 0. The fourth-order valence-electron chi connectivity index (χ4n) is 2.40. The maximum Gasteiger partial charge on any atom is 0.332 e. The quantitative estimate of drug-likeness (QED) is 0.350. The second-order valence-electron chi connectivity index (χ2n) is 5.16. The van der Waals surface area contributed by atoms with E-state index in [2.05, 4.69) is 6.58 Å². The fourth-order valence-corrected chi connectivity index (χ4v) is 2.40. The van der Waals surface area contributed by atoms with Crippen LogP contribution in [0, 0.1) is 5.92 Å². The van der Waals surface area contributed by atoms with Gasteiger partial charge in [0, 0.05) is 6.08 Å². The molecular weight excluding hydrogens is 284 g/mol. The van der Waals surface area contributed by atoms with E-state index in [9.17, 15) is 9.59 Å². The molecular formula is C17H20O5. The van der Waals surface area contributed by atoms with E-state index in [0.717, 1.165) is 18.9 Å². The van der Waals surface area contributed by atoms with Crippen LogP contribution in [0.4, 0.5) is 0 Å². The minimum atomic E-state index is -0.500. The standard InChI is InChI=1S/C17H20O5/c1-2-16(18)21-12-20-14-10-8-13(9-11-14)17(19)22-15-6-4-3-5-7-15/h2-7,13-14H,1,8-12H2. The summed E-state index contributed by atoms with van der Waals surface area (Å²) in [5.41, 5.74) is 0. The summed E-state index contributed by atoms with van der Waals surface area (Å²) in [7, 11) is 0. The van der Waals surface area contributed by atoms with Crippen LogP contribution < -0.4 is 4.74 Å². The minimum absolute atomic E-state index is 0.0124. The Kier molecular flexibility index (Phi) is 6.15. The van der Waals surface area contributed by atoms with Crippen molar-refractivity contribution in [3.8, 4) is 5.75 Å². The molecule has 118 valence electrons. The Morgan fingerprint density at radius 1 is 1.14 bits per heavy atom. The van der Waals surface area contributed by atoms with E-state index >= 15 is 0 Å². The first-order valence-electron chi connectivity index (χ1n) is 7.36. The number of carbonyl (C=O) groups excluding carboxylic acids is 2. The van der Waals surface area contributed by atoms with Crippen molar-refractivity contribution in [2.45, 2.75) is 31.8 Å². The highest BCUT2D eigenvalue weighted by Gasteiger charge is 2.28. The molecule has 5 nitrogen and oxygen atoms in total. The molecule has 1 saturated carbocycles. The first kappa shape index (κ1) is 16.2. The molecule has 0 spiro atoms. The maximum absolute atomic E-state index is 12.1. The predicted octanol–water partition coefficient (Wildman–Crippen LogP) is 2.85. The number of ether oxygens (including phenoxy) is 3. The van der Waals surface area contributed by atoms with Gasteiger partial charge in [0.05, 0.1) is 12.0 Å². The van der Waals surface area contributed by atoms with Gasteiger partial charge in [-0.05, 0) is 37.8 Å². The van der Waals surface area contributed by atoms with Gasteiger partial charge in [-0.2, -0.15) is 0 Å². The Morgan fingerprint density at radius 3 is 2.45 bits per heavy atom. The van der Waals surface area contributed by atoms with Gasteiger partial charge in [0.1, 0.15) is 5.75 Å². The van der Waals surface area contributed by atoms with Gasteiger partial charge in [0.15, 0.2) is 6.79 Å². The SMILES string of the molecule is C=CC(=O)OCOC1CCC(C(=O)Oc2ccccc2)CC1. The van der Waals surface area contributed by atoms with Gasteiger partial charge < -0.3 is 14.2 Å². The van der Waals surface area contributed by atoms with E-state index < -0.39 is 5.97 Å². The summed E-state index contributed by atoms with van der Waals surface area (Å²) >= 11 is 0. The van der Waals surface area contributed by atoms with Crippen LogP contribution in [0.3, 0.4) is 0 Å². The molecule has 0 saturated heterocycles. The van der Waals surface area contributed by atoms with E-state index in [-0.39, 0.29) is 24.8 Å². The molecule has 1 aromatic rings. The van der Waals surface area contributed by atoms with Crippen molar-refractivity contribution in [3.63, 3.8) is 0 Å². The molecule has 0 N–H and O–H groups in total. The van der Waals surface area contributed by atoms with Gasteiger partial charge in [0.2, 0.25) is 0 Å². The Bertz CT molecular complexity index is 503. The number of rotatable bonds is 6. The molecule has 2 rings (SSSR count). The Labute approximate surface area is 129 Å². The van der Waals surface area contributed by atoms with Gasteiger partial charge >= 0.3 is 11.9 Å². The molecule has 0 bridgehead atoms. The van der Waals surface area contributed by atoms with Crippen LogP contribution in [0.2, 0.25) is 0 Å². The number of hydrogen-bond acceptors (Lipinski definition) is 5. The molecule has 0 amide bonds. The highest BCUT2D eigenvalue weighted by atomic mass is 16.7. The zero-order chi connectivity index (χ0) is 15.8. The minimum Gasteiger partial charge on any atom is -0.435 e. The van der Waals surface area contributed by atoms with Gasteiger partial charge in [-0.15, -0.1) is 0 Å². The largest absolute Gasteiger partial charge is 0.435 e. The molecule has 0 radical (unpaired) electrons. The summed E-state index contributed by atoms with van der Waals surface area (Å²) in [5, 5.41) is 0. The van der Waals surface area contributed by atoms with Gasteiger partial charge in [-0.1, -0.05) is 24.8 Å². The lowest BCUT2D eigenvalue weighted by atomic mass is 9.87. The fraction of sp³-hybridized carbons (Fsp3) is 0.412. The molecule has 0 heterocycles. The Balaban J connectivity index is 1.69. The molecule has 1 aromatic carbocycles. The Hall–Kier alpha value is -2.14. The first-order valence-corrected chi connectivity index (χ1v) is 7.36. The van der Waals surface area contributed by atoms with Crippen molar-refractivity contribution in [1.29, 1.82) is 0 Å². The molecule has 0 atom stereocenters. The molecule has 22 heavy (non-hydrogen) atoms. The van der Waals surface area contributed by atoms with Crippen LogP contribution >= 0.6 is 0 Å². The van der Waals surface area contributed by atoms with Crippen LogP contribution in [0.5, 0.6) is 5.75 Å². The van der Waals surface area contributed by atoms with Crippen molar-refractivity contribution >= 4 is 11.9 Å². The average molecular weight is 304 g/mol. The lowest BCUT2D eigenvalue weighted by Gasteiger charge is -2.26. The molecule has 1 aliphatic rings. The summed E-state index contributed by atoms with van der Waals surface area (Å²) in [4.78, 5) is 23.0. The maximum atomic E-state index is 12.1. The number of carbonyl (C=O) groups is 2. The monoisotopic (exact) mass is 304 g/mol. The summed E-state index contributed by atoms with van der Waals surface area (Å²) in [5.74, 6) is -0.221. The number of para-hydroxylation sites is 1.